The van der Waals surface area contributed by atoms with Crippen molar-refractivity contribution in [2.45, 2.75) is 39.5 Å². The fourth-order valence-corrected chi connectivity index (χ4v) is 2.36. The van der Waals surface area contributed by atoms with E-state index in [4.69, 9.17) is 10.5 Å². The minimum absolute atomic E-state index is 0.197. The molecule has 0 saturated heterocycles. The standard InChI is InChI=1S/C16H22F3N3O3/c1-9-5-12(6-10(2)13(9)25-8-16(17,18)19)7-22(4)11(3)14(23)21-15(20)24/h5-6,11H,7-8H2,1-4H3,(H3,20,21,23,24)/t11-/m1/s1. The zero-order valence-electron chi connectivity index (χ0n) is 14.5. The van der Waals surface area contributed by atoms with Crippen molar-refractivity contribution in [1.29, 1.82) is 0 Å². The number of amides is 3. The first-order valence-electron chi connectivity index (χ1n) is 7.51. The second-order valence-electron chi connectivity index (χ2n) is 5.91. The van der Waals surface area contributed by atoms with E-state index in [0.717, 1.165) is 5.56 Å². The monoisotopic (exact) mass is 361 g/mol. The molecule has 0 spiro atoms. The molecule has 0 radical (unpaired) electrons. The van der Waals surface area contributed by atoms with Crippen LogP contribution >= 0.6 is 0 Å². The van der Waals surface area contributed by atoms with Gasteiger partial charge in [-0.2, -0.15) is 13.2 Å². The molecule has 0 unspecified atom stereocenters. The van der Waals surface area contributed by atoms with Gasteiger partial charge in [-0.3, -0.25) is 15.0 Å². The van der Waals surface area contributed by atoms with Crippen LogP contribution < -0.4 is 15.8 Å². The molecule has 0 aliphatic carbocycles. The first kappa shape index (κ1) is 20.8. The molecule has 25 heavy (non-hydrogen) atoms. The highest BCUT2D eigenvalue weighted by molar-refractivity contribution is 5.96. The molecule has 1 aromatic rings. The number of ether oxygens (including phenoxy) is 1. The van der Waals surface area contributed by atoms with E-state index in [0.29, 0.717) is 17.7 Å². The number of likely N-dealkylation sites (N-methyl/N-ethyl adjacent to an activating group) is 1. The Morgan fingerprint density at radius 2 is 1.80 bits per heavy atom. The van der Waals surface area contributed by atoms with Crippen molar-refractivity contribution in [2.24, 2.45) is 5.73 Å². The fourth-order valence-electron chi connectivity index (χ4n) is 2.36. The summed E-state index contributed by atoms with van der Waals surface area (Å²) in [6.45, 7) is 3.93. The van der Waals surface area contributed by atoms with Gasteiger partial charge in [0.15, 0.2) is 6.61 Å². The quantitative estimate of drug-likeness (QED) is 0.814. The Hall–Kier alpha value is -2.29. The average molecular weight is 361 g/mol. The van der Waals surface area contributed by atoms with Crippen LogP contribution in [0.4, 0.5) is 18.0 Å². The summed E-state index contributed by atoms with van der Waals surface area (Å²) in [5.74, 6) is -0.336. The summed E-state index contributed by atoms with van der Waals surface area (Å²) in [6.07, 6.45) is -4.40. The number of urea groups is 1. The summed E-state index contributed by atoms with van der Waals surface area (Å²) in [5.41, 5.74) is 6.86. The topological polar surface area (TPSA) is 84.7 Å². The Labute approximate surface area is 144 Å². The van der Waals surface area contributed by atoms with Crippen LogP contribution in [0.5, 0.6) is 5.75 Å². The number of halogens is 3. The predicted octanol–water partition coefficient (Wildman–Crippen LogP) is 2.26. The number of rotatable bonds is 6. The molecule has 1 rings (SSSR count). The molecule has 0 fully saturated rings. The zero-order chi connectivity index (χ0) is 19.4. The number of primary amides is 1. The third-order valence-electron chi connectivity index (χ3n) is 3.62. The normalized spacial score (nSPS) is 12.8. The molecule has 9 heteroatoms. The first-order chi connectivity index (χ1) is 11.4. The van der Waals surface area contributed by atoms with E-state index in [1.54, 1.807) is 44.9 Å². The molecule has 0 bridgehead atoms. The number of nitrogens with zero attached hydrogens (tertiary/aromatic N) is 1. The minimum Gasteiger partial charge on any atom is -0.484 e. The van der Waals surface area contributed by atoms with E-state index in [1.165, 1.54) is 0 Å². The number of carbonyl (C=O) groups excluding carboxylic acids is 2. The van der Waals surface area contributed by atoms with Gasteiger partial charge in [0.25, 0.3) is 0 Å². The van der Waals surface area contributed by atoms with Gasteiger partial charge in [0.05, 0.1) is 6.04 Å². The predicted molar refractivity (Wildman–Crippen MR) is 86.1 cm³/mol. The second-order valence-corrected chi connectivity index (χ2v) is 5.91. The van der Waals surface area contributed by atoms with Gasteiger partial charge in [0.1, 0.15) is 5.75 Å². The summed E-state index contributed by atoms with van der Waals surface area (Å²) < 4.78 is 41.8. The lowest BCUT2D eigenvalue weighted by Crippen LogP contribution is -2.46. The maximum atomic E-state index is 12.3. The summed E-state index contributed by atoms with van der Waals surface area (Å²) in [6, 6.07) is 1.86. The molecule has 3 amide bonds. The van der Waals surface area contributed by atoms with Crippen molar-refractivity contribution in [1.82, 2.24) is 10.2 Å². The molecule has 3 N–H and O–H groups in total. The Balaban J connectivity index is 2.83. The summed E-state index contributed by atoms with van der Waals surface area (Å²) in [4.78, 5) is 24.2. The van der Waals surface area contributed by atoms with Gasteiger partial charge in [-0.25, -0.2) is 4.79 Å². The molecule has 0 saturated carbocycles. The third-order valence-corrected chi connectivity index (χ3v) is 3.62. The van der Waals surface area contributed by atoms with Crippen molar-refractivity contribution < 1.29 is 27.5 Å². The van der Waals surface area contributed by atoms with Crippen molar-refractivity contribution >= 4 is 11.9 Å². The highest BCUT2D eigenvalue weighted by atomic mass is 19.4. The minimum atomic E-state index is -4.40. The third kappa shape index (κ3) is 6.61. The summed E-state index contributed by atoms with van der Waals surface area (Å²) in [7, 11) is 1.68. The average Bonchev–Trinajstić information content (AvgIpc) is 2.43. The maximum Gasteiger partial charge on any atom is 0.422 e. The molecular weight excluding hydrogens is 339 g/mol. The van der Waals surface area contributed by atoms with Gasteiger partial charge in [-0.15, -0.1) is 0 Å². The number of hydrogen-bond donors (Lipinski definition) is 2. The van der Waals surface area contributed by atoms with Gasteiger partial charge in [0.2, 0.25) is 5.91 Å². The highest BCUT2D eigenvalue weighted by Gasteiger charge is 2.29. The summed E-state index contributed by atoms with van der Waals surface area (Å²) >= 11 is 0. The smallest absolute Gasteiger partial charge is 0.422 e. The van der Waals surface area contributed by atoms with Gasteiger partial charge in [0, 0.05) is 6.54 Å². The van der Waals surface area contributed by atoms with E-state index < -0.39 is 30.8 Å². The Morgan fingerprint density at radius 1 is 1.28 bits per heavy atom. The number of alkyl halides is 3. The van der Waals surface area contributed by atoms with Crippen LogP contribution in [0.15, 0.2) is 12.1 Å². The molecule has 0 aliphatic rings. The SMILES string of the molecule is Cc1cc(CN(C)[C@H](C)C(=O)NC(N)=O)cc(C)c1OCC(F)(F)F. The lowest BCUT2D eigenvalue weighted by molar-refractivity contribution is -0.153. The number of nitrogens with two attached hydrogens (primary N) is 1. The van der Waals surface area contributed by atoms with Crippen LogP contribution in [0.2, 0.25) is 0 Å². The maximum absolute atomic E-state index is 12.3. The fraction of sp³-hybridized carbons (Fsp3) is 0.500. The largest absolute Gasteiger partial charge is 0.484 e. The van der Waals surface area contributed by atoms with Crippen molar-refractivity contribution in [3.63, 3.8) is 0 Å². The lowest BCUT2D eigenvalue weighted by atomic mass is 10.0. The van der Waals surface area contributed by atoms with Crippen molar-refractivity contribution in [3.8, 4) is 5.75 Å². The molecule has 0 heterocycles. The van der Waals surface area contributed by atoms with Crippen molar-refractivity contribution in [2.75, 3.05) is 13.7 Å². The van der Waals surface area contributed by atoms with E-state index in [-0.39, 0.29) is 5.75 Å². The molecule has 0 aromatic heterocycles. The van der Waals surface area contributed by atoms with E-state index >= 15 is 0 Å². The number of benzene rings is 1. The van der Waals surface area contributed by atoms with Crippen LogP contribution in [0, 0.1) is 13.8 Å². The summed E-state index contributed by atoms with van der Waals surface area (Å²) in [5, 5.41) is 2.00. The number of aryl methyl sites for hydroxylation is 2. The lowest BCUT2D eigenvalue weighted by Gasteiger charge is -2.24. The zero-order valence-corrected chi connectivity index (χ0v) is 14.5. The Morgan fingerprint density at radius 3 is 2.24 bits per heavy atom. The molecule has 1 atom stereocenters. The van der Waals surface area contributed by atoms with E-state index in [1.807, 2.05) is 5.32 Å². The number of imide groups is 1. The van der Waals surface area contributed by atoms with E-state index in [9.17, 15) is 22.8 Å². The molecule has 1 aromatic carbocycles. The van der Waals surface area contributed by atoms with Gasteiger partial charge in [-0.1, -0.05) is 12.1 Å². The highest BCUT2D eigenvalue weighted by Crippen LogP contribution is 2.27. The molecular formula is C16H22F3N3O3. The molecule has 140 valence electrons. The van der Waals surface area contributed by atoms with Crippen molar-refractivity contribution in [3.05, 3.63) is 28.8 Å². The second kappa shape index (κ2) is 8.19. The molecule has 6 nitrogen and oxygen atoms in total. The molecule has 0 aliphatic heterocycles. The number of carbonyl (C=O) groups is 2. The van der Waals surface area contributed by atoms with Crippen LogP contribution in [0.3, 0.4) is 0 Å². The van der Waals surface area contributed by atoms with Crippen LogP contribution in [0.1, 0.15) is 23.6 Å². The number of nitrogens with one attached hydrogen (secondary N) is 1. The number of hydrogen-bond acceptors (Lipinski definition) is 4. The van der Waals surface area contributed by atoms with Gasteiger partial charge >= 0.3 is 12.2 Å². The van der Waals surface area contributed by atoms with Gasteiger partial charge < -0.3 is 10.5 Å². The first-order valence-corrected chi connectivity index (χ1v) is 7.51. The van der Waals surface area contributed by atoms with Crippen LogP contribution in [-0.2, 0) is 11.3 Å². The van der Waals surface area contributed by atoms with E-state index in [2.05, 4.69) is 0 Å². The van der Waals surface area contributed by atoms with Crippen LogP contribution in [-0.4, -0.2) is 42.7 Å². The van der Waals surface area contributed by atoms with Crippen LogP contribution in [0.25, 0.3) is 0 Å². The Bertz CT molecular complexity index is 624. The van der Waals surface area contributed by atoms with Gasteiger partial charge in [-0.05, 0) is 44.5 Å². The Kier molecular flexibility index (Phi) is 6.80.